The number of aromatic nitrogens is 2. The molecule has 2 aromatic rings. The maximum Gasteiger partial charge on any atom is 0.177 e. The number of H-pyrrole nitrogens is 1. The number of hydrogen-bond donors (Lipinski definition) is 1. The van der Waals surface area contributed by atoms with E-state index in [4.69, 9.17) is 16.6 Å². The van der Waals surface area contributed by atoms with Crippen LogP contribution in [0.15, 0.2) is 35.2 Å². The molecule has 0 spiro atoms. The quantitative estimate of drug-likeness (QED) is 0.719. The van der Waals surface area contributed by atoms with Gasteiger partial charge in [0.25, 0.3) is 0 Å². The molecule has 0 aliphatic heterocycles. The number of nitrogens with one attached hydrogen (secondary N) is 1. The Morgan fingerprint density at radius 1 is 1.58 bits per heavy atom. The van der Waals surface area contributed by atoms with Gasteiger partial charge in [-0.25, -0.2) is 0 Å². The fourth-order valence-electron chi connectivity index (χ4n) is 1.04. The molecule has 0 saturated carbocycles. The lowest BCUT2D eigenvalue weighted by Crippen LogP contribution is -1.95. The Kier molecular flexibility index (Phi) is 1.83. The van der Waals surface area contributed by atoms with Crippen LogP contribution in [0.25, 0.3) is 0 Å². The van der Waals surface area contributed by atoms with Crippen LogP contribution in [-0.4, -0.2) is 9.55 Å². The molecule has 0 radical (unpaired) electrons. The summed E-state index contributed by atoms with van der Waals surface area (Å²) in [4.78, 5) is 2.92. The molecule has 0 atom stereocenters. The summed E-state index contributed by atoms with van der Waals surface area (Å²) in [5.41, 5.74) is 0. The molecule has 0 saturated heterocycles. The van der Waals surface area contributed by atoms with Gasteiger partial charge in [0.05, 0.1) is 12.8 Å². The number of aromatic amines is 1. The lowest BCUT2D eigenvalue weighted by atomic mass is 10.4. The summed E-state index contributed by atoms with van der Waals surface area (Å²) in [7, 11) is 0. The third-order valence-electron chi connectivity index (χ3n) is 1.63. The van der Waals surface area contributed by atoms with E-state index in [1.165, 1.54) is 0 Å². The van der Waals surface area contributed by atoms with Crippen molar-refractivity contribution in [3.63, 3.8) is 0 Å². The lowest BCUT2D eigenvalue weighted by molar-refractivity contribution is 0.492. The molecule has 0 fully saturated rings. The minimum absolute atomic E-state index is 0.690. The SMILES string of the molecule is S=c1[nH]ccn1Cc1ccco1. The van der Waals surface area contributed by atoms with Crippen LogP contribution in [0.4, 0.5) is 0 Å². The Labute approximate surface area is 74.6 Å². The molecule has 3 nitrogen and oxygen atoms in total. The fraction of sp³-hybridized carbons (Fsp3) is 0.125. The maximum atomic E-state index is 5.18. The van der Waals surface area contributed by atoms with Crippen LogP contribution in [0.1, 0.15) is 5.76 Å². The van der Waals surface area contributed by atoms with Gasteiger partial charge >= 0.3 is 0 Å². The zero-order chi connectivity index (χ0) is 8.39. The van der Waals surface area contributed by atoms with Gasteiger partial charge in [-0.1, -0.05) is 0 Å². The van der Waals surface area contributed by atoms with Crippen molar-refractivity contribution in [3.8, 4) is 0 Å². The van der Waals surface area contributed by atoms with E-state index in [0.29, 0.717) is 11.3 Å². The summed E-state index contributed by atoms with van der Waals surface area (Å²) >= 11 is 5.02. The number of rotatable bonds is 2. The smallest absolute Gasteiger partial charge is 0.177 e. The minimum Gasteiger partial charge on any atom is -0.467 e. The third kappa shape index (κ3) is 1.33. The molecule has 1 N–H and O–H groups in total. The maximum absolute atomic E-state index is 5.18. The van der Waals surface area contributed by atoms with Crippen molar-refractivity contribution >= 4 is 12.2 Å². The normalized spacial score (nSPS) is 10.3. The highest BCUT2D eigenvalue weighted by atomic mass is 32.1. The van der Waals surface area contributed by atoms with E-state index in [-0.39, 0.29) is 0 Å². The van der Waals surface area contributed by atoms with E-state index in [2.05, 4.69) is 4.98 Å². The number of hydrogen-bond acceptors (Lipinski definition) is 2. The molecule has 2 aromatic heterocycles. The molecule has 0 amide bonds. The van der Waals surface area contributed by atoms with Crippen LogP contribution in [0, 0.1) is 4.77 Å². The molecule has 4 heteroatoms. The first-order valence-electron chi connectivity index (χ1n) is 3.62. The molecule has 2 rings (SSSR count). The zero-order valence-electron chi connectivity index (χ0n) is 6.36. The van der Waals surface area contributed by atoms with Crippen LogP contribution in [-0.2, 0) is 6.54 Å². The Hall–Kier alpha value is -1.29. The molecule has 0 bridgehead atoms. The van der Waals surface area contributed by atoms with Crippen molar-refractivity contribution in [2.45, 2.75) is 6.54 Å². The second-order valence-electron chi connectivity index (χ2n) is 2.47. The second-order valence-corrected chi connectivity index (χ2v) is 2.86. The lowest BCUT2D eigenvalue weighted by Gasteiger charge is -1.96. The summed E-state index contributed by atoms with van der Waals surface area (Å²) in [6, 6.07) is 3.79. The number of nitrogens with zero attached hydrogens (tertiary/aromatic N) is 1. The van der Waals surface area contributed by atoms with Crippen LogP contribution in [0.2, 0.25) is 0 Å². The fourth-order valence-corrected chi connectivity index (χ4v) is 1.24. The summed E-state index contributed by atoms with van der Waals surface area (Å²) in [6.45, 7) is 0.690. The average Bonchev–Trinajstić information content (AvgIpc) is 2.65. The molecule has 0 aliphatic rings. The highest BCUT2D eigenvalue weighted by molar-refractivity contribution is 7.71. The van der Waals surface area contributed by atoms with Crippen molar-refractivity contribution in [3.05, 3.63) is 41.3 Å². The first-order chi connectivity index (χ1) is 5.86. The van der Waals surface area contributed by atoms with Crippen LogP contribution in [0.3, 0.4) is 0 Å². The van der Waals surface area contributed by atoms with Crippen molar-refractivity contribution in [2.75, 3.05) is 0 Å². The van der Waals surface area contributed by atoms with E-state index in [0.717, 1.165) is 5.76 Å². The Balaban J connectivity index is 2.25. The van der Waals surface area contributed by atoms with Crippen molar-refractivity contribution in [1.29, 1.82) is 0 Å². The van der Waals surface area contributed by atoms with E-state index in [1.807, 2.05) is 29.1 Å². The Morgan fingerprint density at radius 2 is 2.50 bits per heavy atom. The standard InChI is InChI=1S/C8H8N2OS/c12-8-9-3-4-10(8)6-7-2-1-5-11-7/h1-5H,6H2,(H,9,12). The highest BCUT2D eigenvalue weighted by Crippen LogP contribution is 2.03. The summed E-state index contributed by atoms with van der Waals surface area (Å²) in [5, 5.41) is 0. The van der Waals surface area contributed by atoms with Gasteiger partial charge in [-0.3, -0.25) is 0 Å². The zero-order valence-corrected chi connectivity index (χ0v) is 7.17. The minimum atomic E-state index is 0.690. The van der Waals surface area contributed by atoms with Crippen LogP contribution >= 0.6 is 12.2 Å². The molecular weight excluding hydrogens is 172 g/mol. The van der Waals surface area contributed by atoms with Gasteiger partial charge in [-0.05, 0) is 24.4 Å². The van der Waals surface area contributed by atoms with Gasteiger partial charge in [0, 0.05) is 12.4 Å². The van der Waals surface area contributed by atoms with Crippen LogP contribution < -0.4 is 0 Å². The summed E-state index contributed by atoms with van der Waals surface area (Å²) in [5.74, 6) is 0.908. The molecule has 12 heavy (non-hydrogen) atoms. The summed E-state index contributed by atoms with van der Waals surface area (Å²) < 4.78 is 7.81. The van der Waals surface area contributed by atoms with Gasteiger partial charge in [0.1, 0.15) is 5.76 Å². The van der Waals surface area contributed by atoms with Gasteiger partial charge in [0.2, 0.25) is 0 Å². The van der Waals surface area contributed by atoms with Gasteiger partial charge in [-0.2, -0.15) is 0 Å². The van der Waals surface area contributed by atoms with E-state index in [1.54, 1.807) is 6.26 Å². The molecule has 2 heterocycles. The van der Waals surface area contributed by atoms with Gasteiger partial charge in [0.15, 0.2) is 4.77 Å². The topological polar surface area (TPSA) is 33.9 Å². The largest absolute Gasteiger partial charge is 0.467 e. The van der Waals surface area contributed by atoms with E-state index in [9.17, 15) is 0 Å². The number of furan rings is 1. The number of imidazole rings is 1. The molecule has 62 valence electrons. The average molecular weight is 180 g/mol. The monoisotopic (exact) mass is 180 g/mol. The Bertz CT molecular complexity index is 399. The second kappa shape index (κ2) is 2.98. The van der Waals surface area contributed by atoms with Gasteiger partial charge < -0.3 is 14.0 Å². The van der Waals surface area contributed by atoms with Crippen molar-refractivity contribution < 1.29 is 4.42 Å². The third-order valence-corrected chi connectivity index (χ3v) is 1.98. The molecular formula is C8H8N2OS. The van der Waals surface area contributed by atoms with Crippen LogP contribution in [0.5, 0.6) is 0 Å². The predicted octanol–water partition coefficient (Wildman–Crippen LogP) is 2.19. The first-order valence-corrected chi connectivity index (χ1v) is 4.03. The van der Waals surface area contributed by atoms with E-state index >= 15 is 0 Å². The Morgan fingerprint density at radius 3 is 3.08 bits per heavy atom. The summed E-state index contributed by atoms with van der Waals surface area (Å²) in [6.07, 6.45) is 5.36. The van der Waals surface area contributed by atoms with E-state index < -0.39 is 0 Å². The predicted molar refractivity (Wildman–Crippen MR) is 47.4 cm³/mol. The molecule has 0 aromatic carbocycles. The van der Waals surface area contributed by atoms with Crippen molar-refractivity contribution in [1.82, 2.24) is 9.55 Å². The molecule has 0 aliphatic carbocycles. The molecule has 0 unspecified atom stereocenters. The van der Waals surface area contributed by atoms with Gasteiger partial charge in [-0.15, -0.1) is 0 Å². The first kappa shape index (κ1) is 7.36. The highest BCUT2D eigenvalue weighted by Gasteiger charge is 1.96. The van der Waals surface area contributed by atoms with Crippen molar-refractivity contribution in [2.24, 2.45) is 0 Å².